The summed E-state index contributed by atoms with van der Waals surface area (Å²) in [6.07, 6.45) is -1.36. The normalized spacial score (nSPS) is 33.7. The number of anilines is 1. The van der Waals surface area contributed by atoms with Crippen LogP contribution in [0.25, 0.3) is 0 Å². The summed E-state index contributed by atoms with van der Waals surface area (Å²) < 4.78 is 4.95. The maximum Gasteiger partial charge on any atom is 0.415 e. The van der Waals surface area contributed by atoms with Crippen molar-refractivity contribution in [2.75, 3.05) is 23.0 Å². The number of hydrogen-bond donors (Lipinski definition) is 1. The lowest BCUT2D eigenvalue weighted by atomic mass is 10.1. The van der Waals surface area contributed by atoms with Crippen molar-refractivity contribution < 1.29 is 14.3 Å². The predicted octanol–water partition coefficient (Wildman–Crippen LogP) is 1.57. The zero-order valence-electron chi connectivity index (χ0n) is 11.4. The van der Waals surface area contributed by atoms with Gasteiger partial charge in [-0.15, -0.1) is 0 Å². The van der Waals surface area contributed by atoms with Crippen molar-refractivity contribution in [3.63, 3.8) is 0 Å². The minimum Gasteiger partial charge on any atom is -0.434 e. The van der Waals surface area contributed by atoms with E-state index in [4.69, 9.17) is 10.5 Å². The van der Waals surface area contributed by atoms with Gasteiger partial charge in [-0.3, -0.25) is 9.69 Å². The molecular weight excluding hydrogens is 288 g/mol. The number of rotatable bonds is 3. The van der Waals surface area contributed by atoms with E-state index in [9.17, 15) is 9.59 Å². The lowest BCUT2D eigenvalue weighted by Gasteiger charge is -2.13. The summed E-state index contributed by atoms with van der Waals surface area (Å²) in [4.78, 5) is 24.3. The first-order valence-corrected chi connectivity index (χ1v) is 8.26. The number of benzene rings is 1. The molecule has 3 aliphatic rings. The van der Waals surface area contributed by atoms with Crippen LogP contribution in [0.4, 0.5) is 10.5 Å². The summed E-state index contributed by atoms with van der Waals surface area (Å²) in [5, 5.41) is 0. The van der Waals surface area contributed by atoms with Crippen molar-refractivity contribution in [2.24, 2.45) is 17.6 Å². The smallest absolute Gasteiger partial charge is 0.415 e. The highest BCUT2D eigenvalue weighted by Gasteiger charge is 2.53. The molecule has 1 aromatic carbocycles. The van der Waals surface area contributed by atoms with Crippen LogP contribution in [0.15, 0.2) is 24.3 Å². The van der Waals surface area contributed by atoms with Crippen molar-refractivity contribution in [1.82, 2.24) is 0 Å². The van der Waals surface area contributed by atoms with E-state index in [0.29, 0.717) is 5.92 Å². The average Bonchev–Trinajstić information content (AvgIpc) is 2.84. The second-order valence-electron chi connectivity index (χ2n) is 5.87. The number of cyclic esters (lactones) is 1. The first kappa shape index (κ1) is 13.0. The molecular formula is C15H16N2O3S. The summed E-state index contributed by atoms with van der Waals surface area (Å²) in [5.41, 5.74) is 7.29. The molecule has 1 unspecified atom stereocenters. The molecule has 110 valence electrons. The second-order valence-corrected chi connectivity index (χ2v) is 6.94. The van der Waals surface area contributed by atoms with Crippen molar-refractivity contribution in [3.05, 3.63) is 29.8 Å². The molecule has 1 aliphatic carbocycles. The monoisotopic (exact) mass is 304 g/mol. The van der Waals surface area contributed by atoms with Crippen LogP contribution in [0.1, 0.15) is 11.5 Å². The summed E-state index contributed by atoms with van der Waals surface area (Å²) >= 11 is 2.04. The third-order valence-corrected chi connectivity index (χ3v) is 5.91. The lowest BCUT2D eigenvalue weighted by molar-refractivity contribution is -0.124. The number of fused-ring (bicyclic) bond motifs is 1. The van der Waals surface area contributed by atoms with E-state index in [0.717, 1.165) is 17.5 Å². The zero-order valence-corrected chi connectivity index (χ0v) is 12.2. The van der Waals surface area contributed by atoms with Gasteiger partial charge in [-0.2, -0.15) is 11.8 Å². The molecule has 4 rings (SSSR count). The minimum atomic E-state index is -0.850. The molecule has 2 heterocycles. The maximum atomic E-state index is 11.8. The minimum absolute atomic E-state index is 0.193. The second kappa shape index (κ2) is 4.66. The molecule has 2 N–H and O–H groups in total. The Bertz CT molecular complexity index is 593. The molecule has 1 saturated carbocycles. The van der Waals surface area contributed by atoms with Crippen LogP contribution in [-0.4, -0.2) is 36.2 Å². The van der Waals surface area contributed by atoms with Crippen LogP contribution in [-0.2, 0) is 9.53 Å². The number of thioether (sulfide) groups is 1. The fourth-order valence-corrected chi connectivity index (χ4v) is 5.02. The van der Waals surface area contributed by atoms with Gasteiger partial charge in [0, 0.05) is 5.69 Å². The van der Waals surface area contributed by atoms with Crippen LogP contribution >= 0.6 is 11.8 Å². The van der Waals surface area contributed by atoms with Gasteiger partial charge in [0.25, 0.3) is 5.91 Å². The molecule has 0 radical (unpaired) electrons. The third-order valence-electron chi connectivity index (χ3n) is 4.67. The SMILES string of the molecule is NC(=O)[C@H]1CN(c2ccc(C3[C@H]4CSC[C@@H]34)cc2)C(=O)O1. The summed E-state index contributed by atoms with van der Waals surface area (Å²) in [6, 6.07) is 8.05. The number of carbonyl (C=O) groups is 2. The molecule has 3 fully saturated rings. The van der Waals surface area contributed by atoms with Crippen LogP contribution in [0.3, 0.4) is 0 Å². The van der Waals surface area contributed by atoms with E-state index in [-0.39, 0.29) is 6.54 Å². The predicted molar refractivity (Wildman–Crippen MR) is 80.3 cm³/mol. The standard InChI is InChI=1S/C15H16N2O3S/c16-14(18)12-5-17(15(19)20-12)9-3-1-8(2-4-9)13-10-6-21-7-11(10)13/h1-4,10-13H,5-7H2,(H2,16,18)/t10-,11+,12-,13?/m1/s1. The van der Waals surface area contributed by atoms with Gasteiger partial charge in [0.05, 0.1) is 6.54 Å². The Morgan fingerprint density at radius 3 is 2.48 bits per heavy atom. The van der Waals surface area contributed by atoms with Crippen molar-refractivity contribution >= 4 is 29.4 Å². The van der Waals surface area contributed by atoms with Gasteiger partial charge in [0.1, 0.15) is 0 Å². The highest BCUT2D eigenvalue weighted by Crippen LogP contribution is 2.61. The number of carbonyl (C=O) groups excluding carboxylic acids is 2. The van der Waals surface area contributed by atoms with E-state index in [1.54, 1.807) is 0 Å². The van der Waals surface area contributed by atoms with Crippen LogP contribution in [0.2, 0.25) is 0 Å². The van der Waals surface area contributed by atoms with Crippen LogP contribution in [0, 0.1) is 11.8 Å². The van der Waals surface area contributed by atoms with Gasteiger partial charge in [0.2, 0.25) is 0 Å². The van der Waals surface area contributed by atoms with E-state index >= 15 is 0 Å². The van der Waals surface area contributed by atoms with E-state index in [1.807, 2.05) is 23.9 Å². The van der Waals surface area contributed by atoms with Gasteiger partial charge >= 0.3 is 6.09 Å². The van der Waals surface area contributed by atoms with Crippen molar-refractivity contribution in [3.8, 4) is 0 Å². The first-order chi connectivity index (χ1) is 10.1. The molecule has 2 aliphatic heterocycles. The van der Waals surface area contributed by atoms with Gasteiger partial charge in [-0.25, -0.2) is 4.79 Å². The first-order valence-electron chi connectivity index (χ1n) is 7.10. The zero-order chi connectivity index (χ0) is 14.6. The Balaban J connectivity index is 1.49. The number of hydrogen-bond acceptors (Lipinski definition) is 4. The molecule has 2 amide bonds. The van der Waals surface area contributed by atoms with Gasteiger partial charge in [-0.05, 0) is 47.0 Å². The molecule has 6 heteroatoms. The van der Waals surface area contributed by atoms with Crippen molar-refractivity contribution in [2.45, 2.75) is 12.0 Å². The van der Waals surface area contributed by atoms with E-state index < -0.39 is 18.1 Å². The Labute approximate surface area is 126 Å². The number of nitrogens with zero attached hydrogens (tertiary/aromatic N) is 1. The molecule has 0 bridgehead atoms. The number of ether oxygens (including phenoxy) is 1. The quantitative estimate of drug-likeness (QED) is 0.920. The van der Waals surface area contributed by atoms with Gasteiger partial charge in [0.15, 0.2) is 6.10 Å². The van der Waals surface area contributed by atoms with Gasteiger partial charge in [-0.1, -0.05) is 12.1 Å². The highest BCUT2D eigenvalue weighted by molar-refractivity contribution is 7.99. The fraction of sp³-hybridized carbons (Fsp3) is 0.467. The number of primary amides is 1. The summed E-state index contributed by atoms with van der Waals surface area (Å²) in [5.74, 6) is 4.33. The van der Waals surface area contributed by atoms with E-state index in [2.05, 4.69) is 12.1 Å². The summed E-state index contributed by atoms with van der Waals surface area (Å²) in [6.45, 7) is 0.193. The third kappa shape index (κ3) is 2.09. The Morgan fingerprint density at radius 1 is 1.24 bits per heavy atom. The Morgan fingerprint density at radius 2 is 1.90 bits per heavy atom. The van der Waals surface area contributed by atoms with E-state index in [1.165, 1.54) is 22.0 Å². The number of amides is 2. The maximum absolute atomic E-state index is 11.8. The van der Waals surface area contributed by atoms with Crippen LogP contribution < -0.4 is 10.6 Å². The Kier molecular flexibility index (Phi) is 2.89. The molecule has 4 atom stereocenters. The largest absolute Gasteiger partial charge is 0.434 e. The molecule has 21 heavy (non-hydrogen) atoms. The number of nitrogens with two attached hydrogens (primary N) is 1. The average molecular weight is 304 g/mol. The molecule has 5 nitrogen and oxygen atoms in total. The highest BCUT2D eigenvalue weighted by atomic mass is 32.2. The summed E-state index contributed by atoms with van der Waals surface area (Å²) in [7, 11) is 0. The van der Waals surface area contributed by atoms with Crippen molar-refractivity contribution in [1.29, 1.82) is 0 Å². The molecule has 2 saturated heterocycles. The Hall–Kier alpha value is -1.69. The topological polar surface area (TPSA) is 72.6 Å². The lowest BCUT2D eigenvalue weighted by Crippen LogP contribution is -2.32. The molecule has 0 aromatic heterocycles. The van der Waals surface area contributed by atoms with Crippen LogP contribution in [0.5, 0.6) is 0 Å². The fourth-order valence-electron chi connectivity index (χ4n) is 3.43. The molecule has 1 aromatic rings. The molecule has 0 spiro atoms. The van der Waals surface area contributed by atoms with Gasteiger partial charge < -0.3 is 10.5 Å².